The van der Waals surface area contributed by atoms with Crippen molar-refractivity contribution >= 4 is 72.4 Å². The minimum atomic E-state index is -6.20. The second kappa shape index (κ2) is 11.9. The second-order valence-corrected chi connectivity index (χ2v) is 14.8. The second-order valence-electron chi connectivity index (χ2n) is 11.3. The van der Waals surface area contributed by atoms with Gasteiger partial charge in [-0.15, -0.1) is 0 Å². The van der Waals surface area contributed by atoms with Gasteiger partial charge in [0.05, 0.1) is 59.1 Å². The number of benzene rings is 8. The molecule has 240 valence electrons. The fraction of sp³-hybridized carbons (Fsp3) is 0. The van der Waals surface area contributed by atoms with Crippen LogP contribution in [0.5, 0.6) is 0 Å². The Morgan fingerprint density at radius 2 is 0.843 bits per heavy atom. The van der Waals surface area contributed by atoms with E-state index in [9.17, 15) is 13.7 Å². The molecule has 3 heteroatoms. The first kappa shape index (κ1) is 13.0. The molecule has 2 aromatic heterocycles. The van der Waals surface area contributed by atoms with Crippen molar-refractivity contribution < 1.29 is 37.0 Å². The summed E-state index contributed by atoms with van der Waals surface area (Å²) in [7, 11) is -6.20. The molecule has 51 heavy (non-hydrogen) atoms. The third-order valence-corrected chi connectivity index (χ3v) is 12.8. The van der Waals surface area contributed by atoms with Crippen LogP contribution >= 0.6 is 0 Å². The molecule has 0 bridgehead atoms. The van der Waals surface area contributed by atoms with Gasteiger partial charge in [0.25, 0.3) is 0 Å². The van der Waals surface area contributed by atoms with E-state index in [1.165, 1.54) is 33.4 Å². The topological polar surface area (TPSA) is 9.86 Å². The number of rotatable bonds is 6. The van der Waals surface area contributed by atoms with Crippen LogP contribution in [0.2, 0.25) is 0 Å². The third-order valence-electron chi connectivity index (χ3n) is 8.78. The van der Waals surface area contributed by atoms with E-state index < -0.39 is 198 Å². The summed E-state index contributed by atoms with van der Waals surface area (Å²) in [6.07, 6.45) is 0. The molecule has 8 aromatic carbocycles. The van der Waals surface area contributed by atoms with Crippen LogP contribution in [0, 0.1) is 0 Å². The molecule has 2 nitrogen and oxygen atoms in total. The monoisotopic (exact) mass is 693 g/mol. The average Bonchev–Trinajstić information content (AvgIpc) is 2.98. The van der Waals surface area contributed by atoms with Crippen LogP contribution < -0.4 is 20.7 Å². The average molecular weight is 694 g/mol. The third kappa shape index (κ3) is 4.49. The number of hydrogen-bond donors (Lipinski definition) is 0. The van der Waals surface area contributed by atoms with Gasteiger partial charge in [0, 0.05) is 32.9 Å². The summed E-state index contributed by atoms with van der Waals surface area (Å²) < 4.78 is 248. The van der Waals surface area contributed by atoms with Crippen molar-refractivity contribution in [1.29, 1.82) is 0 Å². The number of aromatic nitrogens is 2. The van der Waals surface area contributed by atoms with Crippen LogP contribution in [0.4, 0.5) is 0 Å². The van der Waals surface area contributed by atoms with E-state index in [-0.39, 0.29) is 43.9 Å². The van der Waals surface area contributed by atoms with Crippen LogP contribution in [0.1, 0.15) is 37.0 Å². The molecule has 0 atom stereocenters. The van der Waals surface area contributed by atoms with Gasteiger partial charge in [-0.25, -0.2) is 0 Å². The molecule has 2 heterocycles. The SMILES string of the molecule is [2H]c1c([2H])c([2H])c([Si](c2c([2H])c([2H])c([2H])c([2H])c2[2H])(c2c([2H])c([2H])c([2H])c([2H])c2[2H])c2c([2H])c([2H])c([2H])c(-n3c4ccccc4c4cc(-n5c6c([2H])c([2H])c([2H])c([2H])c6c6c([2H])c([2H])c([2H])c([2H])c65)ccc43)c2[2H])c([2H])c1[2H]. The number of nitrogens with zero attached hydrogens (tertiary/aromatic N) is 2. The van der Waals surface area contributed by atoms with E-state index in [0.29, 0.717) is 5.39 Å². The summed E-state index contributed by atoms with van der Waals surface area (Å²) in [4.78, 5) is 0. The van der Waals surface area contributed by atoms with Gasteiger partial charge in [0.15, 0.2) is 8.07 Å². The highest BCUT2D eigenvalue weighted by Gasteiger charge is 2.41. The zero-order chi connectivity index (χ0) is 57.3. The molecule has 0 aliphatic rings. The predicted molar refractivity (Wildman–Crippen MR) is 219 cm³/mol. The maximum atomic E-state index is 10.4. The van der Waals surface area contributed by atoms with Gasteiger partial charge >= 0.3 is 0 Å². The lowest BCUT2D eigenvalue weighted by molar-refractivity contribution is 1.17. The van der Waals surface area contributed by atoms with Gasteiger partial charge in [0.1, 0.15) is 0 Å². The van der Waals surface area contributed by atoms with Gasteiger partial charge in [-0.2, -0.15) is 0 Å². The minimum Gasteiger partial charge on any atom is -0.309 e. The molecule has 10 rings (SSSR count). The highest BCUT2D eigenvalue weighted by atomic mass is 28.3. The van der Waals surface area contributed by atoms with Crippen LogP contribution in [0.3, 0.4) is 0 Å². The van der Waals surface area contributed by atoms with Crippen molar-refractivity contribution in [3.8, 4) is 11.4 Å². The Morgan fingerprint density at radius 3 is 1.45 bits per heavy atom. The lowest BCUT2D eigenvalue weighted by Gasteiger charge is -2.34. The molecule has 10 aromatic rings. The normalized spacial score (nSPS) is 19.3. The molecular weight excluding hydrogens is 633 g/mol. The van der Waals surface area contributed by atoms with Crippen molar-refractivity contribution in [2.24, 2.45) is 0 Å². The van der Waals surface area contributed by atoms with Crippen LogP contribution in [0.15, 0.2) is 206 Å². The predicted octanol–water partition coefficient (Wildman–Crippen LogP) is 9.26. The van der Waals surface area contributed by atoms with Gasteiger partial charge < -0.3 is 9.13 Å². The molecule has 0 radical (unpaired) electrons. The van der Waals surface area contributed by atoms with Gasteiger partial charge in [-0.05, 0) is 69.2 Å². The van der Waals surface area contributed by atoms with Gasteiger partial charge in [-0.3, -0.25) is 0 Å². The first-order valence-corrected chi connectivity index (χ1v) is 17.4. The summed E-state index contributed by atoms with van der Waals surface area (Å²) >= 11 is 0. The number of para-hydroxylation sites is 3. The Balaban J connectivity index is 1.45. The quantitative estimate of drug-likeness (QED) is 0.121. The van der Waals surface area contributed by atoms with Crippen LogP contribution in [-0.4, -0.2) is 17.2 Å². The van der Waals surface area contributed by atoms with Gasteiger partial charge in [0.2, 0.25) is 0 Å². The molecular formula is C48H34N2Si. The first-order chi connectivity index (χ1) is 36.5. The summed E-state index contributed by atoms with van der Waals surface area (Å²) in [6.45, 7) is 0. The molecule has 0 amide bonds. The van der Waals surface area contributed by atoms with E-state index in [0.717, 1.165) is 0 Å². The Morgan fingerprint density at radius 1 is 0.353 bits per heavy atom. The molecule has 0 spiro atoms. The summed E-state index contributed by atoms with van der Waals surface area (Å²) in [5, 5.41) is -3.87. The summed E-state index contributed by atoms with van der Waals surface area (Å²) in [5.41, 5.74) is -0.740. The van der Waals surface area contributed by atoms with Crippen molar-refractivity contribution in [1.82, 2.24) is 9.13 Å². The van der Waals surface area contributed by atoms with E-state index in [4.69, 9.17) is 23.3 Å². The van der Waals surface area contributed by atoms with Crippen molar-refractivity contribution in [2.45, 2.75) is 0 Å². The fourth-order valence-electron chi connectivity index (χ4n) is 6.72. The maximum Gasteiger partial charge on any atom is 0.179 e. The maximum absolute atomic E-state index is 10.4. The first-order valence-electron chi connectivity index (χ1n) is 28.9. The van der Waals surface area contributed by atoms with Crippen molar-refractivity contribution in [2.75, 3.05) is 0 Å². The summed E-state index contributed by atoms with van der Waals surface area (Å²) in [6, 6.07) is -15.2. The molecule has 0 saturated heterocycles. The Kier molecular flexibility index (Phi) is 3.03. The zero-order valence-electron chi connectivity index (χ0n) is 52.9. The van der Waals surface area contributed by atoms with Crippen molar-refractivity contribution in [3.63, 3.8) is 0 Å². The Hall–Kier alpha value is -6.42. The van der Waals surface area contributed by atoms with Crippen LogP contribution in [-0.2, 0) is 0 Å². The van der Waals surface area contributed by atoms with Gasteiger partial charge in [-0.1, -0.05) is 157 Å². The minimum absolute atomic E-state index is 0.0790. The number of fused-ring (bicyclic) bond motifs is 6. The fourth-order valence-corrected chi connectivity index (χ4v) is 10.3. The highest BCUT2D eigenvalue weighted by molar-refractivity contribution is 7.19. The molecule has 0 aliphatic heterocycles. The molecule has 0 fully saturated rings. The van der Waals surface area contributed by atoms with Crippen molar-refractivity contribution in [3.05, 3.63) is 206 Å². The summed E-state index contributed by atoms with van der Waals surface area (Å²) in [5.74, 6) is 0. The largest absolute Gasteiger partial charge is 0.309 e. The number of hydrogen-bond acceptors (Lipinski definition) is 0. The molecule has 0 saturated carbocycles. The Bertz CT molecular complexity index is 4100. The lowest BCUT2D eigenvalue weighted by atomic mass is 10.1. The van der Waals surface area contributed by atoms with E-state index in [1.807, 2.05) is 0 Å². The van der Waals surface area contributed by atoms with E-state index in [1.54, 1.807) is 18.2 Å². The molecule has 0 aliphatic carbocycles. The standard InChI is InChI=1S/C48H34N2Si/c1-4-18-37(19-5-1)51(38-20-6-2-7-21-38,39-22-8-3-9-23-39)40-24-16-17-35(33-40)49-47-30-15-12-27-43(47)44-34-36(31-32-48(44)49)50-45-28-13-10-25-41(45)42-26-11-14-29-46(42)50/h1-34H/i1D,2D,3D,4D,5D,6D,7D,8D,9D,10D,11D,13D,14D,16D,17D,18D,19D,20D,21D,22D,23D,24D,25D,26D,28D,29D,33D. The molecule has 0 N–H and O–H groups in total. The Labute approximate surface area is 336 Å². The smallest absolute Gasteiger partial charge is 0.179 e. The van der Waals surface area contributed by atoms with E-state index >= 15 is 0 Å². The lowest BCUT2D eigenvalue weighted by Crippen LogP contribution is -2.74. The van der Waals surface area contributed by atoms with Crippen LogP contribution in [0.25, 0.3) is 55.0 Å². The zero-order valence-corrected chi connectivity index (χ0v) is 26.9. The molecule has 0 unspecified atom stereocenters. The highest BCUT2D eigenvalue weighted by Crippen LogP contribution is 2.36. The van der Waals surface area contributed by atoms with E-state index in [2.05, 4.69) is 0 Å².